The van der Waals surface area contributed by atoms with Gasteiger partial charge in [0.15, 0.2) is 6.10 Å². The number of hydrogen-bond donors (Lipinski definition) is 1. The lowest BCUT2D eigenvalue weighted by Gasteiger charge is -2.15. The van der Waals surface area contributed by atoms with Crippen LogP contribution in [0.2, 0.25) is 0 Å². The van der Waals surface area contributed by atoms with Gasteiger partial charge in [0, 0.05) is 5.69 Å². The number of para-hydroxylation sites is 2. The van der Waals surface area contributed by atoms with Crippen LogP contribution in [0.5, 0.6) is 5.75 Å². The minimum absolute atomic E-state index is 0.276. The fourth-order valence-electron chi connectivity index (χ4n) is 2.54. The molecule has 3 aromatic rings. The fraction of sp³-hybridized carbons (Fsp3) is 0.130. The Morgan fingerprint density at radius 3 is 2.18 bits per heavy atom. The van der Waals surface area contributed by atoms with Crippen LogP contribution >= 0.6 is 0 Å². The molecule has 142 valence electrons. The van der Waals surface area contributed by atoms with Crippen molar-refractivity contribution in [2.45, 2.75) is 19.6 Å². The molecule has 1 N–H and O–H groups in total. The van der Waals surface area contributed by atoms with Crippen molar-refractivity contribution >= 4 is 17.6 Å². The molecule has 1 atom stereocenters. The van der Waals surface area contributed by atoms with Gasteiger partial charge in [0.25, 0.3) is 5.91 Å². The molecule has 0 unspecified atom stereocenters. The first-order chi connectivity index (χ1) is 13.6. The Morgan fingerprint density at radius 2 is 1.46 bits per heavy atom. The Morgan fingerprint density at radius 1 is 0.857 bits per heavy atom. The van der Waals surface area contributed by atoms with E-state index < -0.39 is 18.0 Å². The van der Waals surface area contributed by atoms with Gasteiger partial charge in [0.1, 0.15) is 17.9 Å². The van der Waals surface area contributed by atoms with E-state index in [-0.39, 0.29) is 5.56 Å². The predicted molar refractivity (Wildman–Crippen MR) is 107 cm³/mol. The van der Waals surface area contributed by atoms with Crippen molar-refractivity contribution in [2.24, 2.45) is 0 Å². The van der Waals surface area contributed by atoms with E-state index in [0.717, 1.165) is 5.56 Å². The second-order valence-electron chi connectivity index (χ2n) is 6.17. The van der Waals surface area contributed by atoms with E-state index >= 15 is 0 Å². The first-order valence-electron chi connectivity index (χ1n) is 8.96. The van der Waals surface area contributed by atoms with Gasteiger partial charge in [-0.05, 0) is 36.8 Å². The van der Waals surface area contributed by atoms with Crippen molar-refractivity contribution in [3.63, 3.8) is 0 Å². The number of ether oxygens (including phenoxy) is 2. The van der Waals surface area contributed by atoms with Gasteiger partial charge in [0.2, 0.25) is 0 Å². The summed E-state index contributed by atoms with van der Waals surface area (Å²) < 4.78 is 11.1. The normalized spacial score (nSPS) is 11.3. The first-order valence-corrected chi connectivity index (χ1v) is 8.96. The summed E-state index contributed by atoms with van der Waals surface area (Å²) in [6, 6.07) is 25.5. The molecule has 5 heteroatoms. The average molecular weight is 375 g/mol. The molecule has 0 bridgehead atoms. The smallest absolute Gasteiger partial charge is 0.342 e. The van der Waals surface area contributed by atoms with E-state index in [9.17, 15) is 9.59 Å². The number of benzene rings is 3. The number of rotatable bonds is 7. The number of esters is 1. The molecule has 0 aliphatic heterocycles. The second kappa shape index (κ2) is 9.37. The lowest BCUT2D eigenvalue weighted by atomic mass is 10.2. The van der Waals surface area contributed by atoms with Gasteiger partial charge in [-0.15, -0.1) is 0 Å². The summed E-state index contributed by atoms with van der Waals surface area (Å²) in [6.07, 6.45) is -0.949. The minimum Gasteiger partial charge on any atom is -0.488 e. The zero-order valence-electron chi connectivity index (χ0n) is 15.5. The van der Waals surface area contributed by atoms with Crippen molar-refractivity contribution in [3.05, 3.63) is 96.1 Å². The predicted octanol–water partition coefficient (Wildman–Crippen LogP) is 4.45. The highest BCUT2D eigenvalue weighted by molar-refractivity contribution is 5.98. The highest BCUT2D eigenvalue weighted by Gasteiger charge is 2.21. The Hall–Kier alpha value is -3.60. The average Bonchev–Trinajstić information content (AvgIpc) is 2.74. The van der Waals surface area contributed by atoms with E-state index in [1.807, 2.05) is 48.5 Å². The largest absolute Gasteiger partial charge is 0.488 e. The van der Waals surface area contributed by atoms with E-state index in [0.29, 0.717) is 18.0 Å². The Kier molecular flexibility index (Phi) is 6.41. The van der Waals surface area contributed by atoms with E-state index in [1.165, 1.54) is 6.92 Å². The van der Waals surface area contributed by atoms with Crippen LogP contribution < -0.4 is 10.1 Å². The Balaban J connectivity index is 1.63. The van der Waals surface area contributed by atoms with Gasteiger partial charge in [-0.2, -0.15) is 0 Å². The Bertz CT molecular complexity index is 926. The zero-order chi connectivity index (χ0) is 19.8. The van der Waals surface area contributed by atoms with Crippen LogP contribution in [0, 0.1) is 0 Å². The van der Waals surface area contributed by atoms with E-state index in [1.54, 1.807) is 36.4 Å². The summed E-state index contributed by atoms with van der Waals surface area (Å²) in [6.45, 7) is 1.86. The third kappa shape index (κ3) is 5.20. The van der Waals surface area contributed by atoms with Crippen LogP contribution in [0.3, 0.4) is 0 Å². The van der Waals surface area contributed by atoms with Crippen LogP contribution in [-0.2, 0) is 16.1 Å². The quantitative estimate of drug-likeness (QED) is 0.620. The van der Waals surface area contributed by atoms with Crippen molar-refractivity contribution in [1.82, 2.24) is 0 Å². The maximum atomic E-state index is 12.6. The molecule has 0 saturated carbocycles. The van der Waals surface area contributed by atoms with Crippen molar-refractivity contribution in [3.8, 4) is 5.75 Å². The molecule has 3 aromatic carbocycles. The lowest BCUT2D eigenvalue weighted by Crippen LogP contribution is -2.30. The summed E-state index contributed by atoms with van der Waals surface area (Å²) in [5.74, 6) is -0.603. The summed E-state index contributed by atoms with van der Waals surface area (Å²) >= 11 is 0. The van der Waals surface area contributed by atoms with Crippen molar-refractivity contribution < 1.29 is 19.1 Å². The van der Waals surface area contributed by atoms with Gasteiger partial charge in [-0.25, -0.2) is 4.79 Å². The Labute approximate surface area is 163 Å². The van der Waals surface area contributed by atoms with E-state index in [4.69, 9.17) is 9.47 Å². The number of hydrogen-bond acceptors (Lipinski definition) is 4. The maximum Gasteiger partial charge on any atom is 0.342 e. The molecular weight excluding hydrogens is 354 g/mol. The number of carbonyl (C=O) groups excluding carboxylic acids is 2. The highest BCUT2D eigenvalue weighted by atomic mass is 16.5. The summed E-state index contributed by atoms with van der Waals surface area (Å²) in [5, 5.41) is 2.71. The van der Waals surface area contributed by atoms with E-state index in [2.05, 4.69) is 5.32 Å². The molecule has 0 fully saturated rings. The number of amides is 1. The van der Waals surface area contributed by atoms with Gasteiger partial charge in [-0.1, -0.05) is 60.7 Å². The van der Waals surface area contributed by atoms with Crippen molar-refractivity contribution in [1.29, 1.82) is 0 Å². The third-order valence-electron chi connectivity index (χ3n) is 4.04. The number of nitrogens with one attached hydrogen (secondary N) is 1. The van der Waals surface area contributed by atoms with Gasteiger partial charge < -0.3 is 14.8 Å². The fourth-order valence-corrected chi connectivity index (χ4v) is 2.54. The summed E-state index contributed by atoms with van der Waals surface area (Å²) in [7, 11) is 0. The molecule has 0 radical (unpaired) electrons. The molecule has 0 saturated heterocycles. The molecule has 0 spiro atoms. The first kappa shape index (κ1) is 19.2. The standard InChI is InChI=1S/C23H21NO4/c1-17(22(25)24-19-12-6-3-7-13-19)28-23(26)20-14-8-9-15-21(20)27-16-18-10-4-2-5-11-18/h2-15,17H,16H2,1H3,(H,24,25)/t17-/m0/s1. The van der Waals surface area contributed by atoms with Crippen molar-refractivity contribution in [2.75, 3.05) is 5.32 Å². The minimum atomic E-state index is -0.949. The molecule has 0 aliphatic rings. The van der Waals surface area contributed by atoms with Crippen LogP contribution in [0.4, 0.5) is 5.69 Å². The third-order valence-corrected chi connectivity index (χ3v) is 4.04. The zero-order valence-corrected chi connectivity index (χ0v) is 15.5. The van der Waals surface area contributed by atoms with Crippen LogP contribution in [-0.4, -0.2) is 18.0 Å². The molecule has 28 heavy (non-hydrogen) atoms. The molecule has 3 rings (SSSR count). The van der Waals surface area contributed by atoms with Crippen LogP contribution in [0.25, 0.3) is 0 Å². The molecule has 1 amide bonds. The van der Waals surface area contributed by atoms with Crippen LogP contribution in [0.15, 0.2) is 84.9 Å². The molecule has 5 nitrogen and oxygen atoms in total. The maximum absolute atomic E-state index is 12.6. The second-order valence-corrected chi connectivity index (χ2v) is 6.17. The monoisotopic (exact) mass is 375 g/mol. The SMILES string of the molecule is C[C@H](OC(=O)c1ccccc1OCc1ccccc1)C(=O)Nc1ccccc1. The molecular formula is C23H21NO4. The van der Waals surface area contributed by atoms with Gasteiger partial charge >= 0.3 is 5.97 Å². The highest BCUT2D eigenvalue weighted by Crippen LogP contribution is 2.21. The number of carbonyl (C=O) groups is 2. The molecule has 0 heterocycles. The molecule has 0 aromatic heterocycles. The summed E-state index contributed by atoms with van der Waals surface area (Å²) in [4.78, 5) is 24.8. The number of anilines is 1. The lowest BCUT2D eigenvalue weighted by molar-refractivity contribution is -0.123. The van der Waals surface area contributed by atoms with Gasteiger partial charge in [-0.3, -0.25) is 4.79 Å². The van der Waals surface area contributed by atoms with Gasteiger partial charge in [0.05, 0.1) is 0 Å². The molecule has 0 aliphatic carbocycles. The summed E-state index contributed by atoms with van der Waals surface area (Å²) in [5.41, 5.74) is 1.90. The van der Waals surface area contributed by atoms with Crippen LogP contribution in [0.1, 0.15) is 22.8 Å². The topological polar surface area (TPSA) is 64.6 Å².